The van der Waals surface area contributed by atoms with Gasteiger partial charge in [0.1, 0.15) is 6.04 Å². The number of carboxylic acid groups (broad SMARTS) is 1. The molecular weight excluding hydrogens is 576 g/mol. The van der Waals surface area contributed by atoms with Gasteiger partial charge in [0.15, 0.2) is 0 Å². The van der Waals surface area contributed by atoms with Crippen LogP contribution >= 0.6 is 15.9 Å². The number of halogens is 1. The van der Waals surface area contributed by atoms with Crippen LogP contribution in [0, 0.1) is 6.92 Å². The van der Waals surface area contributed by atoms with Crippen LogP contribution in [0.25, 0.3) is 10.9 Å². The molecule has 208 valence electrons. The highest BCUT2D eigenvalue weighted by molar-refractivity contribution is 9.10. The highest BCUT2D eigenvalue weighted by Crippen LogP contribution is 2.28. The molecule has 40 heavy (non-hydrogen) atoms. The second-order valence-electron chi connectivity index (χ2n) is 9.54. The molecule has 2 N–H and O–H groups in total. The molecule has 1 aromatic heterocycles. The summed E-state index contributed by atoms with van der Waals surface area (Å²) in [5.41, 5.74) is 2.91. The summed E-state index contributed by atoms with van der Waals surface area (Å²) in [7, 11) is 1.73. The molecule has 2 amide bonds. The summed E-state index contributed by atoms with van der Waals surface area (Å²) in [6.07, 6.45) is -0.696. The van der Waals surface area contributed by atoms with Crippen LogP contribution in [-0.2, 0) is 24.3 Å². The molecule has 0 spiro atoms. The molecule has 0 aliphatic rings. The SMILES string of the molecule is CCN(Cc1cc(Br)c2nc(NC(Cc3ccccc3)C(=O)N(C)Cc3ccccc3)oc(=O)c2c1C)C(=O)O. The lowest BCUT2D eigenvalue weighted by molar-refractivity contribution is -0.131. The van der Waals surface area contributed by atoms with E-state index in [9.17, 15) is 19.5 Å². The van der Waals surface area contributed by atoms with Crippen LogP contribution in [0.2, 0.25) is 0 Å². The van der Waals surface area contributed by atoms with Gasteiger partial charge in [0, 0.05) is 37.6 Å². The number of amides is 2. The number of nitrogens with one attached hydrogen (secondary N) is 1. The molecular formula is C30H31BrN4O5. The van der Waals surface area contributed by atoms with E-state index in [0.717, 1.165) is 11.1 Å². The molecule has 10 heteroatoms. The molecule has 3 aromatic carbocycles. The summed E-state index contributed by atoms with van der Waals surface area (Å²) < 4.78 is 6.10. The van der Waals surface area contributed by atoms with Gasteiger partial charge < -0.3 is 24.6 Å². The second kappa shape index (κ2) is 12.8. The van der Waals surface area contributed by atoms with Crippen LogP contribution in [-0.4, -0.2) is 51.5 Å². The average molecular weight is 608 g/mol. The molecule has 0 aliphatic heterocycles. The zero-order valence-corrected chi connectivity index (χ0v) is 24.1. The van der Waals surface area contributed by atoms with Crippen LogP contribution in [0.3, 0.4) is 0 Å². The summed E-state index contributed by atoms with van der Waals surface area (Å²) in [5, 5.41) is 12.8. The number of hydrogen-bond acceptors (Lipinski definition) is 6. The van der Waals surface area contributed by atoms with Crippen molar-refractivity contribution in [3.63, 3.8) is 0 Å². The number of carbonyl (C=O) groups excluding carboxylic acids is 1. The third-order valence-corrected chi connectivity index (χ3v) is 7.36. The first-order valence-corrected chi connectivity index (χ1v) is 13.7. The van der Waals surface area contributed by atoms with Crippen molar-refractivity contribution in [1.82, 2.24) is 14.8 Å². The van der Waals surface area contributed by atoms with E-state index in [1.54, 1.807) is 31.9 Å². The Morgan fingerprint density at radius 1 is 1.05 bits per heavy atom. The van der Waals surface area contributed by atoms with Crippen LogP contribution < -0.4 is 10.9 Å². The van der Waals surface area contributed by atoms with E-state index in [1.807, 2.05) is 60.7 Å². The molecule has 0 aliphatic carbocycles. The lowest BCUT2D eigenvalue weighted by Crippen LogP contribution is -2.42. The number of hydrogen-bond donors (Lipinski definition) is 2. The van der Waals surface area contributed by atoms with Gasteiger partial charge in [-0.3, -0.25) is 4.79 Å². The van der Waals surface area contributed by atoms with Gasteiger partial charge >= 0.3 is 11.7 Å². The lowest BCUT2D eigenvalue weighted by Gasteiger charge is -2.25. The molecule has 1 atom stereocenters. The van der Waals surface area contributed by atoms with E-state index in [-0.39, 0.29) is 23.9 Å². The quantitative estimate of drug-likeness (QED) is 0.247. The highest BCUT2D eigenvalue weighted by atomic mass is 79.9. The number of aromatic nitrogens is 1. The van der Waals surface area contributed by atoms with Gasteiger partial charge in [-0.2, -0.15) is 4.98 Å². The fraction of sp³-hybridized carbons (Fsp3) is 0.267. The molecule has 0 saturated carbocycles. The van der Waals surface area contributed by atoms with Crippen LogP contribution in [0.4, 0.5) is 10.8 Å². The minimum Gasteiger partial charge on any atom is -0.465 e. The number of fused-ring (bicyclic) bond motifs is 1. The average Bonchev–Trinajstić information content (AvgIpc) is 2.94. The minimum atomic E-state index is -1.05. The fourth-order valence-electron chi connectivity index (χ4n) is 4.56. The van der Waals surface area contributed by atoms with Crippen LogP contribution in [0.5, 0.6) is 0 Å². The first-order chi connectivity index (χ1) is 19.2. The molecule has 9 nitrogen and oxygen atoms in total. The monoisotopic (exact) mass is 606 g/mol. The standard InChI is InChI=1S/C30H31BrN4O5/c1-4-35(30(38)39)18-22-16-23(31)26-25(19(22)2)28(37)40-29(33-26)32-24(15-20-11-7-5-8-12-20)27(36)34(3)17-21-13-9-6-10-14-21/h5-14,16,24H,4,15,17-18H2,1-3H3,(H,32,33)(H,38,39). The summed E-state index contributed by atoms with van der Waals surface area (Å²) in [5.74, 6) is -0.184. The van der Waals surface area contributed by atoms with Crippen molar-refractivity contribution in [1.29, 1.82) is 0 Å². The Bertz CT molecular complexity index is 1560. The fourth-order valence-corrected chi connectivity index (χ4v) is 5.12. The first-order valence-electron chi connectivity index (χ1n) is 12.9. The van der Waals surface area contributed by atoms with Gasteiger partial charge in [-0.25, -0.2) is 9.59 Å². The molecule has 1 unspecified atom stereocenters. The van der Waals surface area contributed by atoms with Gasteiger partial charge in [-0.05, 0) is 58.1 Å². The minimum absolute atomic E-state index is 0.0755. The predicted octanol–water partition coefficient (Wildman–Crippen LogP) is 5.44. The largest absolute Gasteiger partial charge is 0.465 e. The Labute approximate surface area is 240 Å². The van der Waals surface area contributed by atoms with Crippen molar-refractivity contribution in [2.75, 3.05) is 18.9 Å². The molecule has 0 bridgehead atoms. The van der Waals surface area contributed by atoms with Crippen molar-refractivity contribution in [3.05, 3.63) is 104 Å². The normalized spacial score (nSPS) is 11.7. The Kier molecular flexibility index (Phi) is 9.21. The number of aryl methyl sites for hydroxylation is 1. The van der Waals surface area contributed by atoms with Gasteiger partial charge in [0.2, 0.25) is 5.91 Å². The number of anilines is 1. The Hall–Kier alpha value is -4.18. The summed E-state index contributed by atoms with van der Waals surface area (Å²) in [6, 6.07) is 20.2. The van der Waals surface area contributed by atoms with Crippen molar-refractivity contribution < 1.29 is 19.1 Å². The molecule has 0 fully saturated rings. The Morgan fingerprint density at radius 2 is 1.68 bits per heavy atom. The molecule has 4 rings (SSSR count). The Balaban J connectivity index is 1.67. The van der Waals surface area contributed by atoms with E-state index < -0.39 is 17.8 Å². The number of carbonyl (C=O) groups is 2. The Morgan fingerprint density at radius 3 is 2.27 bits per heavy atom. The molecule has 4 aromatic rings. The molecule has 0 radical (unpaired) electrons. The number of likely N-dealkylation sites (N-methyl/N-ethyl adjacent to an activating group) is 1. The van der Waals surface area contributed by atoms with Crippen molar-refractivity contribution >= 4 is 44.8 Å². The molecule has 0 saturated heterocycles. The van der Waals surface area contributed by atoms with E-state index in [2.05, 4.69) is 26.2 Å². The lowest BCUT2D eigenvalue weighted by atomic mass is 10.0. The smallest absolute Gasteiger partial charge is 0.407 e. The van der Waals surface area contributed by atoms with E-state index in [4.69, 9.17) is 4.42 Å². The topological polar surface area (TPSA) is 116 Å². The van der Waals surface area contributed by atoms with Crippen LogP contribution in [0.15, 0.2) is 80.4 Å². The van der Waals surface area contributed by atoms with Gasteiger partial charge in [0.05, 0.1) is 10.9 Å². The number of benzene rings is 3. The van der Waals surface area contributed by atoms with Gasteiger partial charge in [0.25, 0.3) is 6.01 Å². The number of rotatable bonds is 10. The van der Waals surface area contributed by atoms with Gasteiger partial charge in [-0.15, -0.1) is 0 Å². The first kappa shape index (κ1) is 28.8. The summed E-state index contributed by atoms with van der Waals surface area (Å²) in [4.78, 5) is 45.8. The second-order valence-corrected chi connectivity index (χ2v) is 10.4. The molecule has 1 heterocycles. The van der Waals surface area contributed by atoms with Crippen molar-refractivity contribution in [2.45, 2.75) is 39.4 Å². The van der Waals surface area contributed by atoms with E-state index in [0.29, 0.717) is 40.6 Å². The maximum atomic E-state index is 13.6. The zero-order valence-electron chi connectivity index (χ0n) is 22.6. The number of nitrogens with zero attached hydrogens (tertiary/aromatic N) is 3. The van der Waals surface area contributed by atoms with Crippen molar-refractivity contribution in [3.8, 4) is 0 Å². The van der Waals surface area contributed by atoms with Crippen LogP contribution in [0.1, 0.15) is 29.2 Å². The zero-order chi connectivity index (χ0) is 28.8. The maximum absolute atomic E-state index is 13.6. The van der Waals surface area contributed by atoms with E-state index >= 15 is 0 Å². The third kappa shape index (κ3) is 6.69. The third-order valence-electron chi connectivity index (χ3n) is 6.76. The predicted molar refractivity (Wildman–Crippen MR) is 157 cm³/mol. The van der Waals surface area contributed by atoms with Gasteiger partial charge in [-0.1, -0.05) is 60.7 Å². The van der Waals surface area contributed by atoms with Crippen molar-refractivity contribution in [2.24, 2.45) is 0 Å². The van der Waals surface area contributed by atoms with E-state index in [1.165, 1.54) is 4.90 Å². The summed E-state index contributed by atoms with van der Waals surface area (Å²) in [6.45, 7) is 4.33. The highest BCUT2D eigenvalue weighted by Gasteiger charge is 2.25. The maximum Gasteiger partial charge on any atom is 0.407 e. The summed E-state index contributed by atoms with van der Waals surface area (Å²) >= 11 is 3.50.